The third-order valence-electron chi connectivity index (χ3n) is 5.95. The van der Waals surface area contributed by atoms with E-state index < -0.39 is 40.6 Å². The minimum atomic E-state index is -4.81. The largest absolute Gasteiger partial charge is 0.324 e. The maximum absolute atomic E-state index is 13.2. The number of nitrogens with one attached hydrogen (secondary N) is 3. The van der Waals surface area contributed by atoms with Crippen LogP contribution in [0.5, 0.6) is 0 Å². The van der Waals surface area contributed by atoms with Gasteiger partial charge in [0.1, 0.15) is 15.5 Å². The normalized spacial score (nSPS) is 12.0. The lowest BCUT2D eigenvalue weighted by atomic mass is 10.3. The second-order valence-electron chi connectivity index (χ2n) is 9.16. The summed E-state index contributed by atoms with van der Waals surface area (Å²) in [6, 6.07) is 14.4. The Morgan fingerprint density at radius 1 is 0.783 bits per heavy atom. The predicted octanol–water partition coefficient (Wildman–Crippen LogP) is 6.02. The molecule has 0 radical (unpaired) electrons. The number of halogens is 3. The maximum Gasteiger partial charge on any atom is 0.299 e. The molecule has 0 aliphatic rings. The monoisotopic (exact) mass is 725 g/mol. The summed E-state index contributed by atoms with van der Waals surface area (Å²) in [7, 11) is -9.51. The molecule has 0 aliphatic heterocycles. The fraction of sp³-hybridized carbons (Fsp3) is 0.0400. The van der Waals surface area contributed by atoms with Crippen molar-refractivity contribution < 1.29 is 25.9 Å². The van der Waals surface area contributed by atoms with Crippen molar-refractivity contribution in [3.8, 4) is 5.69 Å². The number of hydrogen-bond acceptors (Lipinski definition) is 12. The summed E-state index contributed by atoms with van der Waals surface area (Å²) in [6.45, 7) is 1.45. The number of anilines is 4. The molecule has 0 spiro atoms. The van der Waals surface area contributed by atoms with Gasteiger partial charge in [-0.15, -0.1) is 10.2 Å². The molecule has 46 heavy (non-hydrogen) atoms. The van der Waals surface area contributed by atoms with E-state index in [2.05, 4.69) is 40.9 Å². The highest BCUT2D eigenvalue weighted by atomic mass is 35.5. The molecule has 0 atom stereocenters. The van der Waals surface area contributed by atoms with E-state index in [4.69, 9.17) is 34.8 Å². The number of H-pyrrole nitrogens is 1. The zero-order valence-corrected chi connectivity index (χ0v) is 26.7. The number of hydrogen-bond donors (Lipinski definition) is 5. The summed E-state index contributed by atoms with van der Waals surface area (Å²) in [4.78, 5) is 24.2. The van der Waals surface area contributed by atoms with Gasteiger partial charge >= 0.3 is 0 Å². The summed E-state index contributed by atoms with van der Waals surface area (Å²) in [5.41, 5.74) is -0.587. The molecule has 5 rings (SSSR count). The summed E-state index contributed by atoms with van der Waals surface area (Å²) in [5.74, 6) is 0.0808. The van der Waals surface area contributed by atoms with Crippen LogP contribution >= 0.6 is 34.8 Å². The minimum Gasteiger partial charge on any atom is -0.324 e. The van der Waals surface area contributed by atoms with E-state index in [0.717, 1.165) is 22.9 Å². The van der Waals surface area contributed by atoms with E-state index in [1.807, 2.05) is 6.07 Å². The van der Waals surface area contributed by atoms with Gasteiger partial charge in [-0.05, 0) is 61.0 Å². The Hall–Kier alpha value is -4.43. The topological polar surface area (TPSA) is 234 Å². The summed E-state index contributed by atoms with van der Waals surface area (Å²) >= 11 is 18.2. The third kappa shape index (κ3) is 7.34. The molecule has 238 valence electrons. The first-order valence-electron chi connectivity index (χ1n) is 12.4. The standard InChI is InChI=1S/C25H18Cl3N9O7S2/c1-12-21(22(38)37(36-12)18-10-16(27)20(11-15(18)26)46(42,43)44)35-34-17-9-14(7-8-19(17)45(39,40)41)30-25-32-23(28)31-24(33-25)29-13-5-3-2-4-6-13/h2-11,36H,1H3,(H,39,40,41)(H,42,43,44)(H2,29,30,31,32,33). The van der Waals surface area contributed by atoms with Crippen molar-refractivity contribution >= 4 is 89.7 Å². The van der Waals surface area contributed by atoms with Crippen LogP contribution in [-0.4, -0.2) is 50.7 Å². The molecular weight excluding hydrogens is 709 g/mol. The van der Waals surface area contributed by atoms with Gasteiger partial charge in [0.25, 0.3) is 25.8 Å². The molecule has 0 aliphatic carbocycles. The molecule has 3 aromatic carbocycles. The first kappa shape index (κ1) is 32.9. The highest BCUT2D eigenvalue weighted by Gasteiger charge is 2.22. The van der Waals surface area contributed by atoms with Crippen LogP contribution in [0.2, 0.25) is 15.3 Å². The number of rotatable bonds is 9. The second-order valence-corrected chi connectivity index (χ2v) is 13.1. The van der Waals surface area contributed by atoms with Gasteiger partial charge in [0.15, 0.2) is 5.69 Å². The van der Waals surface area contributed by atoms with Crippen molar-refractivity contribution in [1.29, 1.82) is 0 Å². The highest BCUT2D eigenvalue weighted by molar-refractivity contribution is 7.86. The van der Waals surface area contributed by atoms with Gasteiger partial charge in [-0.1, -0.05) is 41.4 Å². The molecule has 0 bridgehead atoms. The van der Waals surface area contributed by atoms with Gasteiger partial charge in [0, 0.05) is 11.4 Å². The highest BCUT2D eigenvalue weighted by Crippen LogP contribution is 2.33. The number of para-hydroxylation sites is 1. The van der Waals surface area contributed by atoms with E-state index in [1.165, 1.54) is 19.1 Å². The zero-order chi connectivity index (χ0) is 33.4. The Labute approximate surface area is 274 Å². The molecule has 0 amide bonds. The average molecular weight is 727 g/mol. The summed E-state index contributed by atoms with van der Waals surface area (Å²) in [5, 5.41) is 15.4. The number of aromatic nitrogens is 5. The van der Waals surface area contributed by atoms with Crippen molar-refractivity contribution in [3.63, 3.8) is 0 Å². The molecule has 16 nitrogen and oxygen atoms in total. The van der Waals surface area contributed by atoms with E-state index in [-0.39, 0.29) is 50.6 Å². The lowest BCUT2D eigenvalue weighted by Gasteiger charge is -2.10. The lowest BCUT2D eigenvalue weighted by Crippen LogP contribution is -2.15. The molecule has 0 unspecified atom stereocenters. The van der Waals surface area contributed by atoms with Crippen molar-refractivity contribution in [2.75, 3.05) is 10.6 Å². The summed E-state index contributed by atoms with van der Waals surface area (Å²) in [6.07, 6.45) is 0. The first-order valence-corrected chi connectivity index (χ1v) is 16.4. The number of azo groups is 1. The van der Waals surface area contributed by atoms with Gasteiger partial charge in [0.2, 0.25) is 17.2 Å². The molecule has 5 aromatic rings. The molecule has 0 fully saturated rings. The fourth-order valence-electron chi connectivity index (χ4n) is 3.95. The minimum absolute atomic E-state index is 0.0270. The Morgan fingerprint density at radius 2 is 1.41 bits per heavy atom. The smallest absolute Gasteiger partial charge is 0.299 e. The summed E-state index contributed by atoms with van der Waals surface area (Å²) < 4.78 is 67.3. The molecule has 5 N–H and O–H groups in total. The maximum atomic E-state index is 13.2. The molecular formula is C25H18Cl3N9O7S2. The molecule has 21 heteroatoms. The van der Waals surface area contributed by atoms with Crippen LogP contribution in [0.1, 0.15) is 5.69 Å². The molecule has 0 saturated carbocycles. The lowest BCUT2D eigenvalue weighted by molar-refractivity contribution is 0.481. The van der Waals surface area contributed by atoms with Gasteiger partial charge in [-0.3, -0.25) is 19.0 Å². The van der Waals surface area contributed by atoms with Crippen molar-refractivity contribution in [3.05, 3.63) is 92.0 Å². The molecule has 2 aromatic heterocycles. The SMILES string of the molecule is Cc1[nH]n(-c2cc(Cl)c(S(=O)(=O)O)cc2Cl)c(=O)c1N=Nc1cc(Nc2nc(Cl)nc(Nc3ccccc3)n2)ccc1S(=O)(=O)O. The van der Waals surface area contributed by atoms with E-state index >= 15 is 0 Å². The molecule has 2 heterocycles. The van der Waals surface area contributed by atoms with Gasteiger partial charge in [0.05, 0.1) is 21.4 Å². The Bertz CT molecular complexity index is 2300. The zero-order valence-electron chi connectivity index (χ0n) is 22.8. The van der Waals surface area contributed by atoms with Crippen molar-refractivity contribution in [2.45, 2.75) is 16.7 Å². The van der Waals surface area contributed by atoms with Crippen LogP contribution in [0, 0.1) is 6.92 Å². The van der Waals surface area contributed by atoms with Crippen LogP contribution in [0.4, 0.5) is 34.6 Å². The van der Waals surface area contributed by atoms with E-state index in [9.17, 15) is 30.7 Å². The number of benzene rings is 3. The number of aryl methyl sites for hydroxylation is 1. The van der Waals surface area contributed by atoms with Crippen LogP contribution in [-0.2, 0) is 20.2 Å². The van der Waals surface area contributed by atoms with Crippen LogP contribution < -0.4 is 16.2 Å². The second kappa shape index (κ2) is 12.8. The average Bonchev–Trinajstić information content (AvgIpc) is 3.24. The number of nitrogens with zero attached hydrogens (tertiary/aromatic N) is 6. The van der Waals surface area contributed by atoms with Crippen molar-refractivity contribution in [2.24, 2.45) is 10.2 Å². The van der Waals surface area contributed by atoms with E-state index in [1.54, 1.807) is 24.3 Å². The van der Waals surface area contributed by atoms with Gasteiger partial charge in [-0.25, -0.2) is 4.68 Å². The quantitative estimate of drug-likeness (QED) is 0.0867. The Morgan fingerprint density at radius 3 is 2.04 bits per heavy atom. The Balaban J connectivity index is 1.49. The Kier molecular flexibility index (Phi) is 9.14. The fourth-order valence-corrected chi connectivity index (χ4v) is 6.05. The third-order valence-corrected chi connectivity index (χ3v) is 8.64. The van der Waals surface area contributed by atoms with Crippen LogP contribution in [0.3, 0.4) is 0 Å². The number of aromatic amines is 1. The molecule has 0 saturated heterocycles. The van der Waals surface area contributed by atoms with Gasteiger partial charge in [-0.2, -0.15) is 31.8 Å². The van der Waals surface area contributed by atoms with Crippen LogP contribution in [0.25, 0.3) is 5.69 Å². The van der Waals surface area contributed by atoms with Crippen molar-refractivity contribution in [1.82, 2.24) is 24.7 Å². The van der Waals surface area contributed by atoms with Gasteiger partial charge < -0.3 is 10.6 Å². The first-order chi connectivity index (χ1) is 21.6. The predicted molar refractivity (Wildman–Crippen MR) is 169 cm³/mol. The van der Waals surface area contributed by atoms with E-state index in [0.29, 0.717) is 5.69 Å². The van der Waals surface area contributed by atoms with Crippen LogP contribution in [0.15, 0.2) is 85.5 Å².